The highest BCUT2D eigenvalue weighted by atomic mass is 16.5. The molecule has 3 aromatic rings. The third-order valence-electron chi connectivity index (χ3n) is 4.66. The maximum Gasteiger partial charge on any atom is 0.409 e. The van der Waals surface area contributed by atoms with Crippen LogP contribution in [0, 0.1) is 0 Å². The molecule has 1 amide bonds. The summed E-state index contributed by atoms with van der Waals surface area (Å²) in [6.07, 6.45) is 2.42. The first kappa shape index (κ1) is 16.4. The largest absolute Gasteiger partial charge is 0.453 e. The maximum absolute atomic E-state index is 11.7. The molecule has 1 aliphatic heterocycles. The number of pyridine rings is 1. The number of amides is 1. The van der Waals surface area contributed by atoms with E-state index < -0.39 is 0 Å². The Kier molecular flexibility index (Phi) is 4.43. The number of aromatic amines is 1. The van der Waals surface area contributed by atoms with Gasteiger partial charge in [0, 0.05) is 37.9 Å². The summed E-state index contributed by atoms with van der Waals surface area (Å²) in [7, 11) is 1.42. The molecule has 0 atom stereocenters. The van der Waals surface area contributed by atoms with Gasteiger partial charge in [-0.3, -0.25) is 0 Å². The molecule has 1 N–H and O–H groups in total. The van der Waals surface area contributed by atoms with Gasteiger partial charge in [0.25, 0.3) is 0 Å². The second-order valence-electron chi connectivity index (χ2n) is 6.30. The molecule has 0 unspecified atom stereocenters. The highest BCUT2D eigenvalue weighted by Crippen LogP contribution is 2.24. The van der Waals surface area contributed by atoms with Crippen LogP contribution in [0.4, 0.5) is 10.6 Å². The molecule has 0 saturated carbocycles. The number of carbonyl (C=O) groups excluding carboxylic acids is 1. The highest BCUT2D eigenvalue weighted by molar-refractivity contribution is 5.79. The summed E-state index contributed by atoms with van der Waals surface area (Å²) < 4.78 is 4.83. The van der Waals surface area contributed by atoms with Gasteiger partial charge in [0.05, 0.1) is 18.1 Å². The average Bonchev–Trinajstić information content (AvgIpc) is 2.97. The fourth-order valence-electron chi connectivity index (χ4n) is 3.29. The average molecular weight is 351 g/mol. The topological polar surface area (TPSA) is 74.3 Å². The van der Waals surface area contributed by atoms with Gasteiger partial charge in [0.2, 0.25) is 0 Å². The van der Waals surface area contributed by atoms with Crippen molar-refractivity contribution < 1.29 is 9.53 Å². The first-order chi connectivity index (χ1) is 12.7. The summed E-state index contributed by atoms with van der Waals surface area (Å²) in [5.74, 6) is 1.73. The molecule has 0 radical (unpaired) electrons. The van der Waals surface area contributed by atoms with Crippen LogP contribution in [0.15, 0.2) is 42.6 Å². The number of carbonyl (C=O) groups is 1. The van der Waals surface area contributed by atoms with Crippen LogP contribution in [0.1, 0.15) is 6.42 Å². The van der Waals surface area contributed by atoms with E-state index in [1.54, 1.807) is 11.1 Å². The molecule has 2 aromatic heterocycles. The number of nitrogens with one attached hydrogen (secondary N) is 1. The number of aromatic nitrogens is 3. The van der Waals surface area contributed by atoms with Crippen LogP contribution >= 0.6 is 0 Å². The Hall–Kier alpha value is -3.09. The Morgan fingerprint density at radius 2 is 2.04 bits per heavy atom. The van der Waals surface area contributed by atoms with Crippen LogP contribution < -0.4 is 4.90 Å². The molecule has 26 heavy (non-hydrogen) atoms. The van der Waals surface area contributed by atoms with Crippen molar-refractivity contribution in [3.8, 4) is 11.4 Å². The fourth-order valence-corrected chi connectivity index (χ4v) is 3.29. The van der Waals surface area contributed by atoms with Crippen molar-refractivity contribution in [2.45, 2.75) is 6.42 Å². The Morgan fingerprint density at radius 3 is 2.88 bits per heavy atom. The van der Waals surface area contributed by atoms with Gasteiger partial charge in [0.15, 0.2) is 0 Å². The molecule has 1 saturated heterocycles. The van der Waals surface area contributed by atoms with E-state index in [1.807, 2.05) is 36.4 Å². The lowest BCUT2D eigenvalue weighted by Gasteiger charge is -2.22. The third-order valence-corrected chi connectivity index (χ3v) is 4.66. The SMILES string of the molecule is COC(=O)N1CCCN(c2cc(-c3nc4ccccc4[nH]3)ccn2)CC1. The molecule has 4 rings (SSSR count). The summed E-state index contributed by atoms with van der Waals surface area (Å²) in [5, 5.41) is 0. The predicted octanol–water partition coefficient (Wildman–Crippen LogP) is 2.90. The van der Waals surface area contributed by atoms with Crippen molar-refractivity contribution in [1.82, 2.24) is 19.9 Å². The number of nitrogens with zero attached hydrogens (tertiary/aromatic N) is 4. The van der Waals surface area contributed by atoms with E-state index in [-0.39, 0.29) is 6.09 Å². The zero-order valence-electron chi connectivity index (χ0n) is 14.7. The zero-order valence-corrected chi connectivity index (χ0v) is 14.7. The van der Waals surface area contributed by atoms with Gasteiger partial charge in [-0.15, -0.1) is 0 Å². The normalized spacial score (nSPS) is 15.1. The zero-order chi connectivity index (χ0) is 17.9. The number of fused-ring (bicyclic) bond motifs is 1. The van der Waals surface area contributed by atoms with Crippen LogP contribution in [0.2, 0.25) is 0 Å². The van der Waals surface area contributed by atoms with Gasteiger partial charge in [0.1, 0.15) is 11.6 Å². The maximum atomic E-state index is 11.7. The number of benzene rings is 1. The second-order valence-corrected chi connectivity index (χ2v) is 6.30. The first-order valence-corrected chi connectivity index (χ1v) is 8.73. The number of ether oxygens (including phenoxy) is 1. The number of H-pyrrole nitrogens is 1. The molecule has 1 aromatic carbocycles. The van der Waals surface area contributed by atoms with Gasteiger partial charge in [-0.1, -0.05) is 12.1 Å². The minimum absolute atomic E-state index is 0.268. The third kappa shape index (κ3) is 3.20. The van der Waals surface area contributed by atoms with Crippen molar-refractivity contribution in [3.05, 3.63) is 42.6 Å². The number of hydrogen-bond donors (Lipinski definition) is 1. The lowest BCUT2D eigenvalue weighted by molar-refractivity contribution is 0.126. The summed E-state index contributed by atoms with van der Waals surface area (Å²) in [4.78, 5) is 28.2. The second kappa shape index (κ2) is 7.03. The number of imidazole rings is 1. The fraction of sp³-hybridized carbons (Fsp3) is 0.316. The van der Waals surface area contributed by atoms with E-state index in [0.29, 0.717) is 13.1 Å². The summed E-state index contributed by atoms with van der Waals surface area (Å²) >= 11 is 0. The molecule has 0 bridgehead atoms. The van der Waals surface area contributed by atoms with Gasteiger partial charge >= 0.3 is 6.09 Å². The highest BCUT2D eigenvalue weighted by Gasteiger charge is 2.20. The smallest absolute Gasteiger partial charge is 0.409 e. The number of rotatable bonds is 2. The monoisotopic (exact) mass is 351 g/mol. The number of para-hydroxylation sites is 2. The molecule has 7 nitrogen and oxygen atoms in total. The Balaban J connectivity index is 1.56. The van der Waals surface area contributed by atoms with Crippen molar-refractivity contribution in [2.24, 2.45) is 0 Å². The van der Waals surface area contributed by atoms with E-state index in [4.69, 9.17) is 4.74 Å². The molecule has 3 heterocycles. The standard InChI is InChI=1S/C19H21N5O2/c1-26-19(25)24-10-4-9-23(11-12-24)17-13-14(7-8-20-17)18-21-15-5-2-3-6-16(15)22-18/h2-3,5-8,13H,4,9-12H2,1H3,(H,21,22). The van der Waals surface area contributed by atoms with Crippen LogP contribution in [-0.2, 0) is 4.74 Å². The number of anilines is 1. The van der Waals surface area contributed by atoms with Gasteiger partial charge in [-0.05, 0) is 30.7 Å². The summed E-state index contributed by atoms with van der Waals surface area (Å²) in [6, 6.07) is 12.0. The molecule has 7 heteroatoms. The molecule has 134 valence electrons. The summed E-state index contributed by atoms with van der Waals surface area (Å²) in [5.41, 5.74) is 2.97. The molecule has 1 aliphatic rings. The van der Waals surface area contributed by atoms with E-state index >= 15 is 0 Å². The van der Waals surface area contributed by atoms with Crippen molar-refractivity contribution in [1.29, 1.82) is 0 Å². The molecule has 0 spiro atoms. The summed E-state index contributed by atoms with van der Waals surface area (Å²) in [6.45, 7) is 2.91. The Morgan fingerprint density at radius 1 is 1.15 bits per heavy atom. The van der Waals surface area contributed by atoms with Gasteiger partial charge in [-0.25, -0.2) is 14.8 Å². The van der Waals surface area contributed by atoms with Crippen molar-refractivity contribution >= 4 is 22.9 Å². The first-order valence-electron chi connectivity index (χ1n) is 8.73. The quantitative estimate of drug-likeness (QED) is 0.768. The Labute approximate surface area is 151 Å². The minimum Gasteiger partial charge on any atom is -0.453 e. The number of hydrogen-bond acceptors (Lipinski definition) is 5. The number of methoxy groups -OCH3 is 1. The van der Waals surface area contributed by atoms with Crippen LogP contribution in [0.5, 0.6) is 0 Å². The molecule has 1 fully saturated rings. The predicted molar refractivity (Wildman–Crippen MR) is 100 cm³/mol. The van der Waals surface area contributed by atoms with Crippen LogP contribution in [0.25, 0.3) is 22.4 Å². The van der Waals surface area contributed by atoms with E-state index in [9.17, 15) is 4.79 Å². The van der Waals surface area contributed by atoms with Crippen molar-refractivity contribution in [2.75, 3.05) is 38.2 Å². The Bertz CT molecular complexity index is 890. The minimum atomic E-state index is -0.268. The van der Waals surface area contributed by atoms with Gasteiger partial charge in [-0.2, -0.15) is 0 Å². The van der Waals surface area contributed by atoms with E-state index in [0.717, 1.165) is 47.7 Å². The lowest BCUT2D eigenvalue weighted by Crippen LogP contribution is -2.35. The van der Waals surface area contributed by atoms with Crippen LogP contribution in [0.3, 0.4) is 0 Å². The molecule has 0 aliphatic carbocycles. The van der Waals surface area contributed by atoms with E-state index in [2.05, 4.69) is 19.9 Å². The van der Waals surface area contributed by atoms with Crippen LogP contribution in [-0.4, -0.2) is 59.2 Å². The van der Waals surface area contributed by atoms with Gasteiger partial charge < -0.3 is 19.5 Å². The lowest BCUT2D eigenvalue weighted by atomic mass is 10.2. The van der Waals surface area contributed by atoms with E-state index in [1.165, 1.54) is 7.11 Å². The van der Waals surface area contributed by atoms with Crippen molar-refractivity contribution in [3.63, 3.8) is 0 Å². The molecular formula is C19H21N5O2. The molecular weight excluding hydrogens is 330 g/mol.